The van der Waals surface area contributed by atoms with Crippen LogP contribution < -0.4 is 11.3 Å². The second kappa shape index (κ2) is 2.62. The van der Waals surface area contributed by atoms with Crippen molar-refractivity contribution in [3.8, 4) is 0 Å². The van der Waals surface area contributed by atoms with Crippen LogP contribution in [0.1, 0.15) is 0 Å². The van der Waals surface area contributed by atoms with E-state index >= 15 is 0 Å². The number of nitrogens with one attached hydrogen (secondary N) is 1. The van der Waals surface area contributed by atoms with Gasteiger partial charge in [-0.3, -0.25) is 10.6 Å². The molecule has 0 spiro atoms. The highest BCUT2D eigenvalue weighted by Gasteiger charge is 1.88. The fourth-order valence-electron chi connectivity index (χ4n) is 0.0713. The molecule has 35 valence electrons. The minimum absolute atomic E-state index is 0.736. The first-order valence-electron chi connectivity index (χ1n) is 1.29. The van der Waals surface area contributed by atoms with Gasteiger partial charge in [0.1, 0.15) is 6.54 Å². The predicted octanol–water partition coefficient (Wildman–Crippen LogP) is -1.30. The van der Waals surface area contributed by atoms with Gasteiger partial charge in [-0.2, -0.15) is 0 Å². The number of carboxylic acids is 1. The average Bonchev–Trinajstić information content (AvgIpc) is 1.35. The van der Waals surface area contributed by atoms with Crippen molar-refractivity contribution in [2.45, 2.75) is 0 Å². The highest BCUT2D eigenvalue weighted by atomic mass is 16.4. The Bertz CT molecular complexity index is 53.5. The fourth-order valence-corrected chi connectivity index (χ4v) is 0.0713. The lowest BCUT2D eigenvalue weighted by Gasteiger charge is -1.83. The Kier molecular flexibility index (Phi) is 2.35. The first-order valence-corrected chi connectivity index (χ1v) is 1.29. The standard InChI is InChI=1S/C2H5N2O2/c3-4-1-2(5)6/h1,4H,3H2,(H,5,6). The van der Waals surface area contributed by atoms with Crippen LogP contribution in [-0.2, 0) is 4.79 Å². The molecule has 0 aliphatic rings. The number of hydrogen-bond acceptors (Lipinski definition) is 3. The summed E-state index contributed by atoms with van der Waals surface area (Å²) >= 11 is 0. The van der Waals surface area contributed by atoms with Crippen LogP contribution in [0.5, 0.6) is 0 Å². The van der Waals surface area contributed by atoms with E-state index in [9.17, 15) is 4.79 Å². The van der Waals surface area contributed by atoms with Crippen LogP contribution in [-0.4, -0.2) is 11.1 Å². The summed E-state index contributed by atoms with van der Waals surface area (Å²) in [4.78, 5) is 9.40. The Morgan fingerprint density at radius 3 is 2.50 bits per heavy atom. The lowest BCUT2D eigenvalue weighted by atomic mass is 10.7. The molecule has 6 heavy (non-hydrogen) atoms. The van der Waals surface area contributed by atoms with Crippen molar-refractivity contribution in [1.82, 2.24) is 5.43 Å². The van der Waals surface area contributed by atoms with E-state index in [0.29, 0.717) is 0 Å². The topological polar surface area (TPSA) is 75.3 Å². The molecule has 0 unspecified atom stereocenters. The summed E-state index contributed by atoms with van der Waals surface area (Å²) in [5.74, 6) is 3.47. The molecular formula is C2H5N2O2. The highest BCUT2D eigenvalue weighted by molar-refractivity contribution is 5.75. The molecule has 4 N–H and O–H groups in total. The Morgan fingerprint density at radius 1 is 2.00 bits per heavy atom. The summed E-state index contributed by atoms with van der Waals surface area (Å²) in [7, 11) is 0. The van der Waals surface area contributed by atoms with E-state index in [1.54, 1.807) is 0 Å². The van der Waals surface area contributed by atoms with Crippen molar-refractivity contribution >= 4 is 5.97 Å². The first kappa shape index (κ1) is 5.39. The Labute approximate surface area is 34.9 Å². The van der Waals surface area contributed by atoms with Crippen LogP contribution in [0, 0.1) is 6.54 Å². The first-order chi connectivity index (χ1) is 2.77. The van der Waals surface area contributed by atoms with Crippen molar-refractivity contribution < 1.29 is 9.90 Å². The molecule has 0 heterocycles. The van der Waals surface area contributed by atoms with Crippen LogP contribution in [0.15, 0.2) is 0 Å². The average molecular weight is 89.1 g/mol. The number of carboxylic acid groups (broad SMARTS) is 1. The summed E-state index contributed by atoms with van der Waals surface area (Å²) in [5.41, 5.74) is 1.84. The lowest BCUT2D eigenvalue weighted by Crippen LogP contribution is -2.22. The number of carbonyl (C=O) groups is 1. The van der Waals surface area contributed by atoms with Crippen LogP contribution in [0.4, 0.5) is 0 Å². The third kappa shape index (κ3) is 3.39. The van der Waals surface area contributed by atoms with Crippen LogP contribution in [0.3, 0.4) is 0 Å². The Morgan fingerprint density at radius 2 is 2.50 bits per heavy atom. The number of hydrazine groups is 1. The molecule has 0 aliphatic carbocycles. The molecule has 0 aliphatic heterocycles. The molecule has 0 saturated carbocycles. The SMILES string of the molecule is NN[CH]C(=O)O. The van der Waals surface area contributed by atoms with Gasteiger partial charge in [0.25, 0.3) is 0 Å². The third-order valence-corrected chi connectivity index (χ3v) is 0.207. The van der Waals surface area contributed by atoms with E-state index in [1.807, 2.05) is 5.43 Å². The molecule has 0 aromatic heterocycles. The Balaban J connectivity index is 2.83. The zero-order valence-electron chi connectivity index (χ0n) is 3.01. The van der Waals surface area contributed by atoms with Gasteiger partial charge in [-0.15, -0.1) is 0 Å². The molecule has 4 heteroatoms. The molecule has 0 saturated heterocycles. The fraction of sp³-hybridized carbons (Fsp3) is 0. The summed E-state index contributed by atoms with van der Waals surface area (Å²) in [6, 6.07) is 0. The molecule has 0 aromatic rings. The molecule has 0 atom stereocenters. The maximum atomic E-state index is 9.40. The molecule has 1 radical (unpaired) electrons. The summed E-state index contributed by atoms with van der Waals surface area (Å²) in [5, 5.41) is 7.72. The molecule has 4 nitrogen and oxygen atoms in total. The molecule has 0 bridgehead atoms. The van der Waals surface area contributed by atoms with Gasteiger partial charge in [0.15, 0.2) is 0 Å². The van der Waals surface area contributed by atoms with Gasteiger partial charge >= 0.3 is 5.97 Å². The largest absolute Gasteiger partial charge is 0.480 e. The van der Waals surface area contributed by atoms with Crippen molar-refractivity contribution in [1.29, 1.82) is 0 Å². The van der Waals surface area contributed by atoms with Crippen LogP contribution >= 0.6 is 0 Å². The number of aliphatic carboxylic acids is 1. The van der Waals surface area contributed by atoms with Gasteiger partial charge in [-0.05, 0) is 0 Å². The van der Waals surface area contributed by atoms with Gasteiger partial charge in [0, 0.05) is 0 Å². The predicted molar refractivity (Wildman–Crippen MR) is 19.3 cm³/mol. The Hall–Kier alpha value is -0.610. The van der Waals surface area contributed by atoms with Gasteiger partial charge in [0.05, 0.1) is 0 Å². The van der Waals surface area contributed by atoms with Gasteiger partial charge < -0.3 is 5.11 Å². The molecule has 0 amide bonds. The van der Waals surface area contributed by atoms with Crippen molar-refractivity contribution in [2.24, 2.45) is 5.84 Å². The van der Waals surface area contributed by atoms with Gasteiger partial charge in [0.2, 0.25) is 0 Å². The second-order valence-corrected chi connectivity index (χ2v) is 0.649. The van der Waals surface area contributed by atoms with E-state index in [1.165, 1.54) is 0 Å². The maximum absolute atomic E-state index is 9.40. The minimum atomic E-state index is -1.07. The molecule has 0 fully saturated rings. The van der Waals surface area contributed by atoms with Gasteiger partial charge in [-0.25, -0.2) is 5.43 Å². The van der Waals surface area contributed by atoms with E-state index in [-0.39, 0.29) is 0 Å². The lowest BCUT2D eigenvalue weighted by molar-refractivity contribution is -0.133. The maximum Gasteiger partial charge on any atom is 0.324 e. The minimum Gasteiger partial charge on any atom is -0.480 e. The van der Waals surface area contributed by atoms with Crippen molar-refractivity contribution in [3.63, 3.8) is 0 Å². The van der Waals surface area contributed by atoms with E-state index in [4.69, 9.17) is 5.11 Å². The van der Waals surface area contributed by atoms with Crippen LogP contribution in [0.25, 0.3) is 0 Å². The van der Waals surface area contributed by atoms with E-state index in [0.717, 1.165) is 6.54 Å². The summed E-state index contributed by atoms with van der Waals surface area (Å²) < 4.78 is 0. The smallest absolute Gasteiger partial charge is 0.324 e. The van der Waals surface area contributed by atoms with Crippen molar-refractivity contribution in [2.75, 3.05) is 0 Å². The number of hydrogen-bond donors (Lipinski definition) is 3. The zero-order valence-corrected chi connectivity index (χ0v) is 3.01. The summed E-state index contributed by atoms with van der Waals surface area (Å²) in [6.45, 7) is 0.736. The molecule has 0 rings (SSSR count). The zero-order chi connectivity index (χ0) is 4.99. The van der Waals surface area contributed by atoms with Crippen LogP contribution in [0.2, 0.25) is 0 Å². The quantitative estimate of drug-likeness (QED) is 0.290. The van der Waals surface area contributed by atoms with E-state index < -0.39 is 5.97 Å². The summed E-state index contributed by atoms with van der Waals surface area (Å²) in [6.07, 6.45) is 0. The molecule has 0 aromatic carbocycles. The molecular weight excluding hydrogens is 84.0 g/mol. The normalized spacial score (nSPS) is 8.17. The number of rotatable bonds is 2. The van der Waals surface area contributed by atoms with Crippen molar-refractivity contribution in [3.05, 3.63) is 6.54 Å². The van der Waals surface area contributed by atoms with E-state index in [2.05, 4.69) is 5.84 Å². The third-order valence-electron chi connectivity index (χ3n) is 0.207. The highest BCUT2D eigenvalue weighted by Crippen LogP contribution is 1.58. The second-order valence-electron chi connectivity index (χ2n) is 0.649. The monoisotopic (exact) mass is 89.0 g/mol. The number of nitrogens with two attached hydrogens (primary N) is 1. The van der Waals surface area contributed by atoms with Gasteiger partial charge in [-0.1, -0.05) is 0 Å².